The molecule has 21 heavy (non-hydrogen) atoms. The smallest absolute Gasteiger partial charge is 0.305 e. The van der Waals surface area contributed by atoms with E-state index in [4.69, 9.17) is 5.26 Å². The topological polar surface area (TPSA) is 77.2 Å². The third kappa shape index (κ3) is 3.59. The molecule has 1 aromatic rings. The van der Waals surface area contributed by atoms with E-state index in [0.717, 1.165) is 31.2 Å². The number of pyridine rings is 1. The molecule has 1 N–H and O–H groups in total. The molecule has 0 bridgehead atoms. The molecular formula is C16H21N3O2. The van der Waals surface area contributed by atoms with Crippen LogP contribution in [0.4, 0.5) is 0 Å². The summed E-state index contributed by atoms with van der Waals surface area (Å²) in [4.78, 5) is 17.4. The zero-order chi connectivity index (χ0) is 15.3. The van der Waals surface area contributed by atoms with Crippen molar-refractivity contribution in [1.29, 1.82) is 5.26 Å². The summed E-state index contributed by atoms with van der Waals surface area (Å²) in [5.74, 6) is -0.754. The lowest BCUT2D eigenvalue weighted by Gasteiger charge is -2.44. The monoisotopic (exact) mass is 287 g/mol. The van der Waals surface area contributed by atoms with Gasteiger partial charge < -0.3 is 5.11 Å². The van der Waals surface area contributed by atoms with Crippen LogP contribution in [-0.4, -0.2) is 33.5 Å². The molecule has 1 aliphatic carbocycles. The largest absolute Gasteiger partial charge is 0.481 e. The van der Waals surface area contributed by atoms with E-state index >= 15 is 0 Å². The number of carbonyl (C=O) groups is 1. The van der Waals surface area contributed by atoms with Crippen LogP contribution in [0.1, 0.15) is 49.8 Å². The Balaban J connectivity index is 2.20. The maximum atomic E-state index is 11.3. The normalized spacial score (nSPS) is 17.4. The van der Waals surface area contributed by atoms with E-state index in [1.807, 2.05) is 19.2 Å². The average Bonchev–Trinajstić information content (AvgIpc) is 2.48. The van der Waals surface area contributed by atoms with Gasteiger partial charge in [-0.1, -0.05) is 25.3 Å². The molecule has 1 aliphatic rings. The number of hydrogen-bond acceptors (Lipinski definition) is 4. The highest BCUT2D eigenvalue weighted by Crippen LogP contribution is 2.36. The van der Waals surface area contributed by atoms with Gasteiger partial charge in [0, 0.05) is 23.8 Å². The van der Waals surface area contributed by atoms with Crippen LogP contribution in [0.15, 0.2) is 18.3 Å². The number of rotatable bonds is 5. The summed E-state index contributed by atoms with van der Waals surface area (Å²) < 4.78 is 0. The van der Waals surface area contributed by atoms with Crippen molar-refractivity contribution < 1.29 is 9.90 Å². The molecule has 1 saturated carbocycles. The lowest BCUT2D eigenvalue weighted by molar-refractivity contribution is -0.141. The standard InChI is InChI=1S/C16H21N3O2/c1-19(12-13-6-5-9-18-14(13)11-17)16(10-15(20)21)7-3-2-4-8-16/h5-6,9H,2-4,7-8,10,12H2,1H3,(H,20,21). The molecule has 0 saturated heterocycles. The molecule has 5 heteroatoms. The van der Waals surface area contributed by atoms with E-state index in [1.54, 1.807) is 6.20 Å². The quantitative estimate of drug-likeness (QED) is 0.900. The number of hydrogen-bond donors (Lipinski definition) is 1. The van der Waals surface area contributed by atoms with Gasteiger partial charge in [0.25, 0.3) is 0 Å². The lowest BCUT2D eigenvalue weighted by atomic mass is 9.78. The molecular weight excluding hydrogens is 266 g/mol. The van der Waals surface area contributed by atoms with Crippen molar-refractivity contribution in [3.05, 3.63) is 29.6 Å². The predicted octanol–water partition coefficient (Wildman–Crippen LogP) is 2.56. The number of aliphatic carboxylic acids is 1. The van der Waals surface area contributed by atoms with E-state index in [-0.39, 0.29) is 12.0 Å². The Labute approximate surface area is 125 Å². The fraction of sp³-hybridized carbons (Fsp3) is 0.562. The number of carboxylic acids is 1. The van der Waals surface area contributed by atoms with Crippen LogP contribution in [-0.2, 0) is 11.3 Å². The maximum absolute atomic E-state index is 11.3. The van der Waals surface area contributed by atoms with Gasteiger partial charge in [0.05, 0.1) is 6.42 Å². The third-order valence-electron chi connectivity index (χ3n) is 4.48. The Morgan fingerprint density at radius 3 is 2.81 bits per heavy atom. The van der Waals surface area contributed by atoms with Gasteiger partial charge in [-0.25, -0.2) is 4.98 Å². The van der Waals surface area contributed by atoms with E-state index < -0.39 is 5.97 Å². The van der Waals surface area contributed by atoms with Crippen molar-refractivity contribution in [2.45, 2.75) is 50.6 Å². The highest BCUT2D eigenvalue weighted by Gasteiger charge is 2.38. The van der Waals surface area contributed by atoms with Crippen molar-refractivity contribution in [3.63, 3.8) is 0 Å². The van der Waals surface area contributed by atoms with Gasteiger partial charge in [0.15, 0.2) is 0 Å². The summed E-state index contributed by atoms with van der Waals surface area (Å²) in [5, 5.41) is 18.4. The van der Waals surface area contributed by atoms with Crippen molar-refractivity contribution in [1.82, 2.24) is 9.88 Å². The first-order valence-electron chi connectivity index (χ1n) is 7.34. The van der Waals surface area contributed by atoms with Gasteiger partial charge in [0.1, 0.15) is 11.8 Å². The fourth-order valence-corrected chi connectivity index (χ4v) is 3.27. The van der Waals surface area contributed by atoms with Crippen LogP contribution in [0.3, 0.4) is 0 Å². The van der Waals surface area contributed by atoms with Crippen LogP contribution >= 0.6 is 0 Å². The van der Waals surface area contributed by atoms with Crippen molar-refractivity contribution in [2.75, 3.05) is 7.05 Å². The summed E-state index contributed by atoms with van der Waals surface area (Å²) in [6, 6.07) is 5.81. The number of aromatic nitrogens is 1. The summed E-state index contributed by atoms with van der Waals surface area (Å²) in [7, 11) is 1.96. The minimum absolute atomic E-state index is 0.158. The molecule has 0 aliphatic heterocycles. The first-order chi connectivity index (χ1) is 10.1. The molecule has 0 radical (unpaired) electrons. The van der Waals surface area contributed by atoms with E-state index in [9.17, 15) is 9.90 Å². The first kappa shape index (κ1) is 15.5. The lowest BCUT2D eigenvalue weighted by Crippen LogP contribution is -2.49. The second-order valence-electron chi connectivity index (χ2n) is 5.83. The molecule has 0 amide bonds. The summed E-state index contributed by atoms with van der Waals surface area (Å²) in [6.45, 7) is 0.560. The average molecular weight is 287 g/mol. The SMILES string of the molecule is CN(Cc1cccnc1C#N)C1(CC(=O)O)CCCCC1. The van der Waals surface area contributed by atoms with Crippen LogP contribution in [0.5, 0.6) is 0 Å². The summed E-state index contributed by atoms with van der Waals surface area (Å²) in [5.41, 5.74) is 0.982. The summed E-state index contributed by atoms with van der Waals surface area (Å²) in [6.07, 6.45) is 6.87. The second-order valence-corrected chi connectivity index (χ2v) is 5.83. The highest BCUT2D eigenvalue weighted by atomic mass is 16.4. The van der Waals surface area contributed by atoms with E-state index in [0.29, 0.717) is 12.2 Å². The summed E-state index contributed by atoms with van der Waals surface area (Å²) >= 11 is 0. The first-order valence-corrected chi connectivity index (χ1v) is 7.34. The molecule has 1 aromatic heterocycles. The van der Waals surface area contributed by atoms with Crippen molar-refractivity contribution in [3.8, 4) is 6.07 Å². The Bertz CT molecular complexity index is 545. The zero-order valence-electron chi connectivity index (χ0n) is 12.4. The van der Waals surface area contributed by atoms with E-state index in [1.165, 1.54) is 6.42 Å². The molecule has 5 nitrogen and oxygen atoms in total. The third-order valence-corrected chi connectivity index (χ3v) is 4.48. The molecule has 0 unspecified atom stereocenters. The van der Waals surface area contributed by atoms with Crippen LogP contribution in [0.2, 0.25) is 0 Å². The second kappa shape index (κ2) is 6.68. The number of nitrogens with zero attached hydrogens (tertiary/aromatic N) is 3. The van der Waals surface area contributed by atoms with Gasteiger partial charge in [-0.3, -0.25) is 9.69 Å². The van der Waals surface area contributed by atoms with Crippen LogP contribution in [0, 0.1) is 11.3 Å². The minimum atomic E-state index is -0.754. The molecule has 1 heterocycles. The molecule has 112 valence electrons. The van der Waals surface area contributed by atoms with Gasteiger partial charge in [0.2, 0.25) is 0 Å². The molecule has 0 spiro atoms. The van der Waals surface area contributed by atoms with E-state index in [2.05, 4.69) is 16.0 Å². The Morgan fingerprint density at radius 2 is 2.19 bits per heavy atom. The van der Waals surface area contributed by atoms with Gasteiger partial charge in [-0.15, -0.1) is 0 Å². The van der Waals surface area contributed by atoms with Crippen molar-refractivity contribution >= 4 is 5.97 Å². The zero-order valence-corrected chi connectivity index (χ0v) is 12.4. The fourth-order valence-electron chi connectivity index (χ4n) is 3.27. The number of carboxylic acid groups (broad SMARTS) is 1. The molecule has 0 aromatic carbocycles. The minimum Gasteiger partial charge on any atom is -0.481 e. The molecule has 2 rings (SSSR count). The Hall–Kier alpha value is -1.93. The predicted molar refractivity (Wildman–Crippen MR) is 78.5 cm³/mol. The maximum Gasteiger partial charge on any atom is 0.305 e. The molecule has 0 atom stereocenters. The Morgan fingerprint density at radius 1 is 1.48 bits per heavy atom. The number of nitriles is 1. The van der Waals surface area contributed by atoms with Gasteiger partial charge in [-0.2, -0.15) is 5.26 Å². The van der Waals surface area contributed by atoms with Crippen LogP contribution < -0.4 is 0 Å². The van der Waals surface area contributed by atoms with Gasteiger partial charge >= 0.3 is 5.97 Å². The van der Waals surface area contributed by atoms with Crippen LogP contribution in [0.25, 0.3) is 0 Å². The Kier molecular flexibility index (Phi) is 4.92. The highest BCUT2D eigenvalue weighted by molar-refractivity contribution is 5.68. The van der Waals surface area contributed by atoms with Gasteiger partial charge in [-0.05, 0) is 26.0 Å². The molecule has 1 fully saturated rings. The van der Waals surface area contributed by atoms with Crippen molar-refractivity contribution in [2.24, 2.45) is 0 Å².